The van der Waals surface area contributed by atoms with Gasteiger partial charge in [0, 0.05) is 18.5 Å². The van der Waals surface area contributed by atoms with Crippen molar-refractivity contribution in [3.63, 3.8) is 0 Å². The van der Waals surface area contributed by atoms with Gasteiger partial charge in [0.05, 0.1) is 29.2 Å². The third-order valence-corrected chi connectivity index (χ3v) is 8.03. The number of carbonyl (C=O) groups is 2. The lowest BCUT2D eigenvalue weighted by molar-refractivity contribution is -0.137. The molecule has 4 rings (SSSR count). The number of aromatic amines is 1. The predicted molar refractivity (Wildman–Crippen MR) is 165 cm³/mol. The summed E-state index contributed by atoms with van der Waals surface area (Å²) >= 11 is 1.06. The topological polar surface area (TPSA) is 142 Å². The van der Waals surface area contributed by atoms with Crippen LogP contribution in [0.25, 0.3) is 21.6 Å². The first-order valence-electron chi connectivity index (χ1n) is 13.9. The van der Waals surface area contributed by atoms with Crippen molar-refractivity contribution >= 4 is 39.7 Å². The van der Waals surface area contributed by atoms with Gasteiger partial charge >= 0.3 is 24.1 Å². The predicted octanol–water partition coefficient (Wildman–Crippen LogP) is 6.61. The number of hydrogen-bond acceptors (Lipinski definition) is 7. The molecule has 2 atom stereocenters. The van der Waals surface area contributed by atoms with Crippen molar-refractivity contribution < 1.29 is 32.6 Å². The average molecular weight is 649 g/mol. The first kappa shape index (κ1) is 33.5. The highest BCUT2D eigenvalue weighted by Crippen LogP contribution is 2.40. The fourth-order valence-corrected chi connectivity index (χ4v) is 5.99. The van der Waals surface area contributed by atoms with Crippen LogP contribution in [0.2, 0.25) is 0 Å². The van der Waals surface area contributed by atoms with E-state index in [4.69, 9.17) is 4.74 Å². The molecule has 3 N–H and O–H groups in total. The highest BCUT2D eigenvalue weighted by Gasteiger charge is 2.39. The Morgan fingerprint density at radius 2 is 1.71 bits per heavy atom. The average Bonchev–Trinajstić information content (AvgIpc) is 3.49. The van der Waals surface area contributed by atoms with Crippen LogP contribution in [-0.2, 0) is 18.0 Å². The third-order valence-electron chi connectivity index (χ3n) is 7.03. The van der Waals surface area contributed by atoms with E-state index in [0.29, 0.717) is 27.2 Å². The number of fused-ring (bicyclic) bond motifs is 1. The van der Waals surface area contributed by atoms with Crippen molar-refractivity contribution in [1.82, 2.24) is 25.1 Å². The largest absolute Gasteiger partial charge is 0.465 e. The number of amides is 2. The van der Waals surface area contributed by atoms with Crippen LogP contribution in [0.3, 0.4) is 0 Å². The Bertz CT molecular complexity index is 1750. The van der Waals surface area contributed by atoms with Crippen LogP contribution in [0.1, 0.15) is 58.6 Å². The lowest BCUT2D eigenvalue weighted by atomic mass is 9.72. The van der Waals surface area contributed by atoms with Gasteiger partial charge in [0.25, 0.3) is 0 Å². The lowest BCUT2D eigenvalue weighted by Gasteiger charge is -2.39. The number of H-pyrrole nitrogens is 1. The number of nitrogens with one attached hydrogen (secondary N) is 2. The molecule has 0 fully saturated rings. The van der Waals surface area contributed by atoms with E-state index in [0.717, 1.165) is 23.5 Å². The molecule has 11 nitrogen and oxygen atoms in total. The van der Waals surface area contributed by atoms with E-state index in [1.54, 1.807) is 46.0 Å². The molecule has 242 valence electrons. The van der Waals surface area contributed by atoms with E-state index < -0.39 is 46.9 Å². The van der Waals surface area contributed by atoms with Crippen LogP contribution < -0.4 is 15.9 Å². The number of nitrogens with zero attached hydrogens (tertiary/aromatic N) is 4. The van der Waals surface area contributed by atoms with Gasteiger partial charge in [0.2, 0.25) is 5.13 Å². The lowest BCUT2D eigenvalue weighted by Crippen LogP contribution is -2.52. The number of carbonyl (C=O) groups excluding carboxylic acids is 1. The standard InChI is InChI=1S/C30H35F3N6O5S/c1-28(2,3)22(16-8-11-18(12-9-16)30(31,32)33)20(35-26(41)42)15-39(27(43)44-29(4,5)6)25-37-36-23(45-25)17-10-13-19-21(14-17)38(7)24(40)34-19/h8-14,20,22,35H,15H2,1-7H3,(H,34,40)(H,41,42)/t20?,22-/m0/s1. The normalized spacial score (nSPS) is 13.8. The second-order valence-corrected chi connectivity index (χ2v) is 13.7. The second-order valence-electron chi connectivity index (χ2n) is 12.7. The van der Waals surface area contributed by atoms with Gasteiger partial charge in [-0.25, -0.2) is 19.3 Å². The second kappa shape index (κ2) is 12.2. The number of ether oxygens (including phenoxy) is 1. The van der Waals surface area contributed by atoms with Crippen LogP contribution in [-0.4, -0.2) is 55.2 Å². The van der Waals surface area contributed by atoms with Gasteiger partial charge in [-0.05, 0) is 62.1 Å². The van der Waals surface area contributed by atoms with Gasteiger partial charge in [-0.3, -0.25) is 4.57 Å². The van der Waals surface area contributed by atoms with Gasteiger partial charge in [-0.2, -0.15) is 13.2 Å². The Labute approximate surface area is 261 Å². The molecule has 4 aromatic rings. The highest BCUT2D eigenvalue weighted by molar-refractivity contribution is 7.18. The minimum atomic E-state index is -4.54. The Morgan fingerprint density at radius 3 is 2.27 bits per heavy atom. The summed E-state index contributed by atoms with van der Waals surface area (Å²) in [7, 11) is 1.62. The van der Waals surface area contributed by atoms with Crippen LogP contribution in [0.5, 0.6) is 0 Å². The summed E-state index contributed by atoms with van der Waals surface area (Å²) in [6, 6.07) is 8.76. The number of anilines is 1. The third kappa shape index (κ3) is 7.82. The molecule has 1 unspecified atom stereocenters. The molecule has 0 bridgehead atoms. The van der Waals surface area contributed by atoms with Crippen LogP contribution in [0.15, 0.2) is 47.3 Å². The molecule has 0 saturated carbocycles. The van der Waals surface area contributed by atoms with Crippen molar-refractivity contribution in [3.8, 4) is 10.6 Å². The van der Waals surface area contributed by atoms with Gasteiger partial charge < -0.3 is 20.1 Å². The minimum Gasteiger partial charge on any atom is -0.465 e. The number of rotatable bonds is 7. The molecular formula is C30H35F3N6O5S. The molecule has 2 aromatic heterocycles. The summed E-state index contributed by atoms with van der Waals surface area (Å²) in [5, 5.41) is 21.3. The number of halogens is 3. The number of alkyl halides is 3. The maximum Gasteiger partial charge on any atom is 0.416 e. The first-order valence-corrected chi connectivity index (χ1v) is 14.8. The summed E-state index contributed by atoms with van der Waals surface area (Å²) < 4.78 is 47.1. The summed E-state index contributed by atoms with van der Waals surface area (Å²) in [5.41, 5.74) is -0.380. The Hall–Kier alpha value is -4.40. The molecule has 0 radical (unpaired) electrons. The van der Waals surface area contributed by atoms with E-state index in [1.165, 1.54) is 21.6 Å². The van der Waals surface area contributed by atoms with Crippen molar-refractivity contribution in [3.05, 3.63) is 64.1 Å². The fourth-order valence-electron chi connectivity index (χ4n) is 5.15. The number of aromatic nitrogens is 4. The zero-order chi connectivity index (χ0) is 33.5. The van der Waals surface area contributed by atoms with Crippen molar-refractivity contribution in [2.75, 3.05) is 11.4 Å². The van der Waals surface area contributed by atoms with E-state index in [9.17, 15) is 32.7 Å². The van der Waals surface area contributed by atoms with Gasteiger partial charge in [-0.15, -0.1) is 10.2 Å². The quantitative estimate of drug-likeness (QED) is 0.205. The van der Waals surface area contributed by atoms with E-state index >= 15 is 0 Å². The van der Waals surface area contributed by atoms with Crippen molar-refractivity contribution in [2.24, 2.45) is 12.5 Å². The van der Waals surface area contributed by atoms with Crippen LogP contribution in [0.4, 0.5) is 27.9 Å². The molecule has 2 amide bonds. The zero-order valence-electron chi connectivity index (χ0n) is 25.8. The number of carboxylic acid groups (broad SMARTS) is 1. The maximum atomic E-state index is 13.6. The van der Waals surface area contributed by atoms with Crippen LogP contribution >= 0.6 is 11.3 Å². The Morgan fingerprint density at radius 1 is 1.07 bits per heavy atom. The molecule has 45 heavy (non-hydrogen) atoms. The summed E-state index contributed by atoms with van der Waals surface area (Å²) in [6.45, 7) is 10.3. The van der Waals surface area contributed by atoms with E-state index in [1.807, 2.05) is 20.8 Å². The molecule has 0 spiro atoms. The number of benzene rings is 2. The summed E-state index contributed by atoms with van der Waals surface area (Å²) in [4.78, 5) is 41.7. The molecule has 15 heteroatoms. The summed E-state index contributed by atoms with van der Waals surface area (Å²) in [6.07, 6.45) is -6.74. The monoisotopic (exact) mass is 648 g/mol. The Balaban J connectivity index is 1.78. The first-order chi connectivity index (χ1) is 20.7. The number of imidazole rings is 1. The van der Waals surface area contributed by atoms with E-state index in [-0.39, 0.29) is 17.4 Å². The molecule has 0 saturated heterocycles. The molecular weight excluding hydrogens is 613 g/mol. The van der Waals surface area contributed by atoms with Crippen LogP contribution in [0, 0.1) is 5.41 Å². The van der Waals surface area contributed by atoms with Crippen molar-refractivity contribution in [2.45, 2.75) is 65.3 Å². The maximum absolute atomic E-state index is 13.6. The Kier molecular flexibility index (Phi) is 9.07. The van der Waals surface area contributed by atoms with Gasteiger partial charge in [0.15, 0.2) is 0 Å². The van der Waals surface area contributed by atoms with Gasteiger partial charge in [-0.1, -0.05) is 44.2 Å². The number of aryl methyl sites for hydroxylation is 1. The molecule has 0 aliphatic heterocycles. The molecule has 2 aromatic carbocycles. The smallest absolute Gasteiger partial charge is 0.416 e. The zero-order valence-corrected chi connectivity index (χ0v) is 26.6. The molecule has 2 heterocycles. The SMILES string of the molecule is Cn1c(=O)[nH]c2ccc(-c3nnc(N(CC(NC(=O)O)[C@H](c4ccc(C(F)(F)F)cc4)C(C)(C)C)C(=O)OC(C)(C)C)s3)cc21. The molecule has 0 aliphatic rings. The summed E-state index contributed by atoms with van der Waals surface area (Å²) in [5.74, 6) is -0.689. The van der Waals surface area contributed by atoms with E-state index in [2.05, 4.69) is 20.5 Å². The minimum absolute atomic E-state index is 0.111. The number of hydrogen-bond donors (Lipinski definition) is 3. The fraction of sp³-hybridized carbons (Fsp3) is 0.433. The van der Waals surface area contributed by atoms with Crippen molar-refractivity contribution in [1.29, 1.82) is 0 Å². The molecule has 0 aliphatic carbocycles. The van der Waals surface area contributed by atoms with Gasteiger partial charge in [0.1, 0.15) is 10.6 Å². The highest BCUT2D eigenvalue weighted by atomic mass is 32.1.